The number of rotatable bonds is 8. The topological polar surface area (TPSA) is 70.2 Å². The van der Waals surface area contributed by atoms with E-state index in [9.17, 15) is 13.2 Å². The van der Waals surface area contributed by atoms with E-state index in [-0.39, 0.29) is 11.9 Å². The van der Waals surface area contributed by atoms with Gasteiger partial charge in [0.2, 0.25) is 5.91 Å². The van der Waals surface area contributed by atoms with E-state index in [0.29, 0.717) is 45.8 Å². The maximum Gasteiger partial charge on any atom is 0.282 e. The van der Waals surface area contributed by atoms with Gasteiger partial charge in [0.1, 0.15) is 0 Å². The second-order valence-electron chi connectivity index (χ2n) is 6.90. The number of amides is 1. The van der Waals surface area contributed by atoms with Gasteiger partial charge >= 0.3 is 0 Å². The maximum atomic E-state index is 12.8. The average Bonchev–Trinajstić information content (AvgIpc) is 2.65. The van der Waals surface area contributed by atoms with Gasteiger partial charge in [-0.1, -0.05) is 19.3 Å². The molecule has 2 fully saturated rings. The van der Waals surface area contributed by atoms with Gasteiger partial charge in [-0.2, -0.15) is 17.0 Å². The highest BCUT2D eigenvalue weighted by Gasteiger charge is 2.35. The second-order valence-corrected chi connectivity index (χ2v) is 8.88. The molecule has 0 unspecified atom stereocenters. The van der Waals surface area contributed by atoms with Gasteiger partial charge in [-0.25, -0.2) is 0 Å². The van der Waals surface area contributed by atoms with Crippen LogP contribution in [-0.4, -0.2) is 80.3 Å². The van der Waals surface area contributed by atoms with E-state index in [2.05, 4.69) is 0 Å². The van der Waals surface area contributed by atoms with E-state index in [1.165, 1.54) is 10.7 Å². The van der Waals surface area contributed by atoms with Crippen LogP contribution in [0.15, 0.2) is 0 Å². The number of ether oxygens (including phenoxy) is 1. The monoisotopic (exact) mass is 375 g/mol. The molecule has 146 valence electrons. The van der Waals surface area contributed by atoms with Crippen LogP contribution in [0.1, 0.15) is 51.9 Å². The summed E-state index contributed by atoms with van der Waals surface area (Å²) >= 11 is 0. The van der Waals surface area contributed by atoms with Crippen molar-refractivity contribution in [2.75, 3.05) is 46.4 Å². The molecule has 1 aliphatic heterocycles. The molecule has 0 atom stereocenters. The summed E-state index contributed by atoms with van der Waals surface area (Å²) in [7, 11) is -1.72. The van der Waals surface area contributed by atoms with Crippen molar-refractivity contribution in [3.63, 3.8) is 0 Å². The SMILES string of the molecule is CCOCCCC(=O)N1CCN(S(=O)(=O)N(C)C2CCCCC2)CC1. The normalized spacial score (nSPS) is 21.0. The molecule has 8 heteroatoms. The molecule has 7 nitrogen and oxygen atoms in total. The Morgan fingerprint density at radius 2 is 1.76 bits per heavy atom. The summed E-state index contributed by atoms with van der Waals surface area (Å²) in [4.78, 5) is 14.0. The number of carbonyl (C=O) groups is 1. The summed E-state index contributed by atoms with van der Waals surface area (Å²) < 4.78 is 34.0. The summed E-state index contributed by atoms with van der Waals surface area (Å²) in [5, 5.41) is 0. The van der Waals surface area contributed by atoms with Crippen LogP contribution < -0.4 is 0 Å². The number of hydrogen-bond acceptors (Lipinski definition) is 4. The average molecular weight is 376 g/mol. The first kappa shape index (κ1) is 20.6. The molecule has 1 saturated heterocycles. The molecule has 0 N–H and O–H groups in total. The van der Waals surface area contributed by atoms with Gasteiger partial charge in [0.15, 0.2) is 0 Å². The van der Waals surface area contributed by atoms with Crippen molar-refractivity contribution < 1.29 is 17.9 Å². The molecule has 0 spiro atoms. The first-order valence-electron chi connectivity index (χ1n) is 9.55. The standard InChI is InChI=1S/C17H33N3O4S/c1-3-24-15-7-10-17(21)19-11-13-20(14-12-19)25(22,23)18(2)16-8-5-4-6-9-16/h16H,3-15H2,1-2H3. The Bertz CT molecular complexity index is 512. The Kier molecular flexibility index (Phi) is 8.12. The van der Waals surface area contributed by atoms with Crippen LogP contribution in [0, 0.1) is 0 Å². The van der Waals surface area contributed by atoms with Crippen LogP contribution in [0.3, 0.4) is 0 Å². The predicted molar refractivity (Wildman–Crippen MR) is 97.4 cm³/mol. The molecule has 2 aliphatic rings. The predicted octanol–water partition coefficient (Wildman–Crippen LogP) is 1.46. The number of hydrogen-bond donors (Lipinski definition) is 0. The summed E-state index contributed by atoms with van der Waals surface area (Å²) in [6.45, 7) is 4.93. The van der Waals surface area contributed by atoms with Crippen molar-refractivity contribution in [1.82, 2.24) is 13.5 Å². The van der Waals surface area contributed by atoms with Crippen molar-refractivity contribution in [3.05, 3.63) is 0 Å². The molecule has 0 bridgehead atoms. The van der Waals surface area contributed by atoms with Crippen LogP contribution in [0.2, 0.25) is 0 Å². The van der Waals surface area contributed by atoms with Crippen molar-refractivity contribution in [3.8, 4) is 0 Å². The Hall–Kier alpha value is -0.700. The van der Waals surface area contributed by atoms with E-state index < -0.39 is 10.2 Å². The molecule has 0 aromatic heterocycles. The lowest BCUT2D eigenvalue weighted by Crippen LogP contribution is -2.55. The fraction of sp³-hybridized carbons (Fsp3) is 0.941. The van der Waals surface area contributed by atoms with Crippen molar-refractivity contribution in [2.45, 2.75) is 57.9 Å². The van der Waals surface area contributed by atoms with E-state index >= 15 is 0 Å². The van der Waals surface area contributed by atoms with E-state index in [1.54, 1.807) is 16.3 Å². The molecule has 1 aliphatic carbocycles. The quantitative estimate of drug-likeness (QED) is 0.602. The zero-order valence-corrected chi connectivity index (χ0v) is 16.5. The molecule has 0 radical (unpaired) electrons. The minimum atomic E-state index is -3.43. The summed E-state index contributed by atoms with van der Waals surface area (Å²) in [5.41, 5.74) is 0. The zero-order chi connectivity index (χ0) is 18.3. The van der Waals surface area contributed by atoms with Crippen LogP contribution in [0.5, 0.6) is 0 Å². The smallest absolute Gasteiger partial charge is 0.282 e. The Morgan fingerprint density at radius 1 is 1.12 bits per heavy atom. The third-order valence-electron chi connectivity index (χ3n) is 5.25. The van der Waals surface area contributed by atoms with Gasteiger partial charge in [0, 0.05) is 58.9 Å². The molecular weight excluding hydrogens is 342 g/mol. The molecule has 25 heavy (non-hydrogen) atoms. The van der Waals surface area contributed by atoms with Gasteiger partial charge < -0.3 is 9.64 Å². The maximum absolute atomic E-state index is 12.8. The number of nitrogens with zero attached hydrogens (tertiary/aromatic N) is 3. The number of piperazine rings is 1. The van der Waals surface area contributed by atoms with Crippen molar-refractivity contribution in [1.29, 1.82) is 0 Å². The number of carbonyl (C=O) groups excluding carboxylic acids is 1. The zero-order valence-electron chi connectivity index (χ0n) is 15.7. The van der Waals surface area contributed by atoms with Crippen molar-refractivity contribution >= 4 is 16.1 Å². The van der Waals surface area contributed by atoms with E-state index in [1.807, 2.05) is 6.92 Å². The van der Waals surface area contributed by atoms with Crippen molar-refractivity contribution in [2.24, 2.45) is 0 Å². The van der Waals surface area contributed by atoms with Crippen LogP contribution in [0.4, 0.5) is 0 Å². The van der Waals surface area contributed by atoms with Gasteiger partial charge in [-0.3, -0.25) is 4.79 Å². The fourth-order valence-electron chi connectivity index (χ4n) is 3.61. The Balaban J connectivity index is 1.80. The Labute approximate surface area is 152 Å². The fourth-order valence-corrected chi connectivity index (χ4v) is 5.19. The van der Waals surface area contributed by atoms with Gasteiger partial charge in [0.25, 0.3) is 10.2 Å². The van der Waals surface area contributed by atoms with E-state index in [4.69, 9.17) is 4.74 Å². The third-order valence-corrected chi connectivity index (χ3v) is 7.30. The van der Waals surface area contributed by atoms with Gasteiger partial charge in [-0.05, 0) is 26.2 Å². The lowest BCUT2D eigenvalue weighted by Gasteiger charge is -2.38. The van der Waals surface area contributed by atoms with Crippen LogP contribution in [-0.2, 0) is 19.7 Å². The first-order chi connectivity index (χ1) is 12.0. The first-order valence-corrected chi connectivity index (χ1v) is 10.9. The lowest BCUT2D eigenvalue weighted by molar-refractivity contribution is -0.132. The third kappa shape index (κ3) is 5.64. The largest absolute Gasteiger partial charge is 0.382 e. The van der Waals surface area contributed by atoms with Crippen LogP contribution in [0.25, 0.3) is 0 Å². The minimum absolute atomic E-state index is 0.0948. The Morgan fingerprint density at radius 3 is 2.36 bits per heavy atom. The summed E-state index contributed by atoms with van der Waals surface area (Å²) in [5.74, 6) is 0.0948. The lowest BCUT2D eigenvalue weighted by atomic mass is 9.96. The van der Waals surface area contributed by atoms with E-state index in [0.717, 1.165) is 32.1 Å². The highest BCUT2D eigenvalue weighted by Crippen LogP contribution is 2.25. The van der Waals surface area contributed by atoms with Crippen LogP contribution >= 0.6 is 0 Å². The summed E-state index contributed by atoms with van der Waals surface area (Å²) in [6.07, 6.45) is 6.50. The molecule has 1 amide bonds. The molecule has 0 aromatic carbocycles. The molecule has 1 heterocycles. The van der Waals surface area contributed by atoms with Gasteiger partial charge in [-0.15, -0.1) is 0 Å². The molecule has 1 saturated carbocycles. The van der Waals surface area contributed by atoms with Gasteiger partial charge in [0.05, 0.1) is 0 Å². The molecule has 2 rings (SSSR count). The minimum Gasteiger partial charge on any atom is -0.382 e. The highest BCUT2D eigenvalue weighted by atomic mass is 32.2. The second kappa shape index (κ2) is 9.85. The molecular formula is C17H33N3O4S. The molecule has 0 aromatic rings. The highest BCUT2D eigenvalue weighted by molar-refractivity contribution is 7.86. The summed E-state index contributed by atoms with van der Waals surface area (Å²) in [6, 6.07) is 0.122.